The van der Waals surface area contributed by atoms with Crippen molar-refractivity contribution >= 4 is 0 Å². The van der Waals surface area contributed by atoms with E-state index in [0.717, 1.165) is 13.0 Å². The van der Waals surface area contributed by atoms with Gasteiger partial charge in [0.15, 0.2) is 0 Å². The van der Waals surface area contributed by atoms with Crippen LogP contribution in [0.1, 0.15) is 38.7 Å². The van der Waals surface area contributed by atoms with Crippen molar-refractivity contribution in [1.29, 1.82) is 0 Å². The average molecular weight is 290 g/mol. The Balaban J connectivity index is 1.81. The number of nitrogens with one attached hydrogen (secondary N) is 1. The van der Waals surface area contributed by atoms with Gasteiger partial charge in [-0.15, -0.1) is 0 Å². The first-order valence-corrected chi connectivity index (χ1v) is 8.32. The molecule has 21 heavy (non-hydrogen) atoms. The predicted molar refractivity (Wildman–Crippen MR) is 88.2 cm³/mol. The van der Waals surface area contributed by atoms with Crippen molar-refractivity contribution in [3.63, 3.8) is 0 Å². The van der Waals surface area contributed by atoms with Crippen LogP contribution in [0.4, 0.5) is 0 Å². The molecule has 0 bridgehead atoms. The van der Waals surface area contributed by atoms with Gasteiger partial charge in [-0.2, -0.15) is 0 Å². The van der Waals surface area contributed by atoms with Crippen LogP contribution in [0, 0.1) is 5.92 Å². The fourth-order valence-electron chi connectivity index (χ4n) is 3.38. The van der Waals surface area contributed by atoms with E-state index in [0.29, 0.717) is 18.0 Å². The van der Waals surface area contributed by atoms with E-state index in [9.17, 15) is 5.11 Å². The van der Waals surface area contributed by atoms with Crippen molar-refractivity contribution in [2.75, 3.05) is 19.7 Å². The van der Waals surface area contributed by atoms with Gasteiger partial charge in [-0.3, -0.25) is 4.90 Å². The lowest BCUT2D eigenvalue weighted by molar-refractivity contribution is 0.135. The van der Waals surface area contributed by atoms with Crippen molar-refractivity contribution in [2.24, 2.45) is 5.92 Å². The summed E-state index contributed by atoms with van der Waals surface area (Å²) in [7, 11) is 0. The van der Waals surface area contributed by atoms with Crippen LogP contribution in [0.2, 0.25) is 0 Å². The van der Waals surface area contributed by atoms with Gasteiger partial charge >= 0.3 is 0 Å². The van der Waals surface area contributed by atoms with Gasteiger partial charge in [0, 0.05) is 25.2 Å². The molecule has 3 heteroatoms. The minimum atomic E-state index is 0.286. The number of rotatable bonds is 7. The third-order valence-corrected chi connectivity index (χ3v) is 4.44. The molecule has 0 aromatic heterocycles. The molecule has 118 valence electrons. The minimum absolute atomic E-state index is 0.286. The summed E-state index contributed by atoms with van der Waals surface area (Å²) in [5.41, 5.74) is 1.41. The highest BCUT2D eigenvalue weighted by molar-refractivity contribution is 5.14. The summed E-state index contributed by atoms with van der Waals surface area (Å²) in [5.74, 6) is 0.701. The van der Waals surface area contributed by atoms with Crippen LogP contribution in [0.25, 0.3) is 0 Å². The molecule has 0 spiro atoms. The first kappa shape index (κ1) is 16.5. The van der Waals surface area contributed by atoms with Crippen molar-refractivity contribution in [2.45, 2.75) is 51.7 Å². The lowest BCUT2D eigenvalue weighted by atomic mass is 9.87. The molecule has 1 aliphatic rings. The summed E-state index contributed by atoms with van der Waals surface area (Å²) in [5, 5.41) is 12.9. The molecule has 1 heterocycles. The third kappa shape index (κ3) is 5.42. The smallest absolute Gasteiger partial charge is 0.0445 e. The van der Waals surface area contributed by atoms with Crippen molar-refractivity contribution < 1.29 is 5.11 Å². The van der Waals surface area contributed by atoms with E-state index in [1.807, 2.05) is 0 Å². The standard InChI is InChI=1S/C18H30N2O/c1-15(2)19-18(10-13-21)17-8-11-20(12-9-17)14-16-6-4-3-5-7-16/h3-7,15,17-19,21H,8-14H2,1-2H3. The highest BCUT2D eigenvalue weighted by Gasteiger charge is 2.26. The van der Waals surface area contributed by atoms with E-state index < -0.39 is 0 Å². The second-order valence-corrected chi connectivity index (χ2v) is 6.54. The Labute approximate surface area is 129 Å². The zero-order valence-corrected chi connectivity index (χ0v) is 13.5. The summed E-state index contributed by atoms with van der Waals surface area (Å²) in [4.78, 5) is 2.55. The molecule has 0 radical (unpaired) electrons. The molecule has 0 aliphatic carbocycles. The van der Waals surface area contributed by atoms with Gasteiger partial charge in [0.25, 0.3) is 0 Å². The van der Waals surface area contributed by atoms with E-state index in [1.165, 1.54) is 31.5 Å². The average Bonchev–Trinajstić information content (AvgIpc) is 2.48. The van der Waals surface area contributed by atoms with Crippen molar-refractivity contribution in [3.8, 4) is 0 Å². The topological polar surface area (TPSA) is 35.5 Å². The molecule has 1 aromatic carbocycles. The van der Waals surface area contributed by atoms with Gasteiger partial charge in [-0.1, -0.05) is 44.2 Å². The molecule has 3 nitrogen and oxygen atoms in total. The lowest BCUT2D eigenvalue weighted by Crippen LogP contribution is -2.45. The number of nitrogens with zero attached hydrogens (tertiary/aromatic N) is 1. The Morgan fingerprint density at radius 1 is 1.19 bits per heavy atom. The second kappa shape index (κ2) is 8.52. The first-order valence-electron chi connectivity index (χ1n) is 8.32. The maximum Gasteiger partial charge on any atom is 0.0445 e. The number of likely N-dealkylation sites (tertiary alicyclic amines) is 1. The van der Waals surface area contributed by atoms with E-state index >= 15 is 0 Å². The highest BCUT2D eigenvalue weighted by atomic mass is 16.3. The number of benzene rings is 1. The van der Waals surface area contributed by atoms with Gasteiger partial charge < -0.3 is 10.4 Å². The molecular formula is C18H30N2O. The Kier molecular flexibility index (Phi) is 6.68. The Bertz CT molecular complexity index is 385. The molecule has 1 fully saturated rings. The number of aliphatic hydroxyl groups excluding tert-OH is 1. The van der Waals surface area contributed by atoms with Gasteiger partial charge in [0.05, 0.1) is 0 Å². The lowest BCUT2D eigenvalue weighted by Gasteiger charge is -2.37. The number of piperidine rings is 1. The summed E-state index contributed by atoms with van der Waals surface area (Å²) in [6.45, 7) is 8.07. The van der Waals surface area contributed by atoms with E-state index in [-0.39, 0.29) is 6.61 Å². The molecule has 0 amide bonds. The number of hydrogen-bond donors (Lipinski definition) is 2. The maximum atomic E-state index is 9.28. The zero-order valence-electron chi connectivity index (χ0n) is 13.5. The SMILES string of the molecule is CC(C)NC(CCO)C1CCN(Cc2ccccc2)CC1. The van der Waals surface area contributed by atoms with Gasteiger partial charge in [-0.05, 0) is 43.8 Å². The maximum absolute atomic E-state index is 9.28. The van der Waals surface area contributed by atoms with Crippen LogP contribution in [-0.4, -0.2) is 41.8 Å². The normalized spacial score (nSPS) is 19.0. The largest absolute Gasteiger partial charge is 0.396 e. The van der Waals surface area contributed by atoms with Crippen LogP contribution in [0.5, 0.6) is 0 Å². The van der Waals surface area contributed by atoms with Gasteiger partial charge in [-0.25, -0.2) is 0 Å². The van der Waals surface area contributed by atoms with E-state index in [2.05, 4.69) is 54.4 Å². The third-order valence-electron chi connectivity index (χ3n) is 4.44. The molecule has 1 aliphatic heterocycles. The predicted octanol–water partition coefficient (Wildman–Crippen LogP) is 2.65. The molecule has 1 atom stereocenters. The minimum Gasteiger partial charge on any atom is -0.396 e. The fraction of sp³-hybridized carbons (Fsp3) is 0.667. The van der Waals surface area contributed by atoms with Crippen LogP contribution in [0.3, 0.4) is 0 Å². The van der Waals surface area contributed by atoms with Crippen molar-refractivity contribution in [1.82, 2.24) is 10.2 Å². The van der Waals surface area contributed by atoms with Gasteiger partial charge in [0.1, 0.15) is 0 Å². The van der Waals surface area contributed by atoms with Gasteiger partial charge in [0.2, 0.25) is 0 Å². The monoisotopic (exact) mass is 290 g/mol. The zero-order chi connectivity index (χ0) is 15.1. The second-order valence-electron chi connectivity index (χ2n) is 6.54. The summed E-state index contributed by atoms with van der Waals surface area (Å²) in [6.07, 6.45) is 3.34. The van der Waals surface area contributed by atoms with Crippen LogP contribution < -0.4 is 5.32 Å². The van der Waals surface area contributed by atoms with Crippen LogP contribution in [-0.2, 0) is 6.54 Å². The van der Waals surface area contributed by atoms with Crippen LogP contribution in [0.15, 0.2) is 30.3 Å². The Morgan fingerprint density at radius 3 is 2.43 bits per heavy atom. The molecule has 0 saturated carbocycles. The van der Waals surface area contributed by atoms with E-state index in [4.69, 9.17) is 0 Å². The molecule has 1 saturated heterocycles. The molecule has 2 N–H and O–H groups in total. The molecule has 2 rings (SSSR count). The number of hydrogen-bond acceptors (Lipinski definition) is 3. The van der Waals surface area contributed by atoms with Crippen LogP contribution >= 0.6 is 0 Å². The van der Waals surface area contributed by atoms with E-state index in [1.54, 1.807) is 0 Å². The highest BCUT2D eigenvalue weighted by Crippen LogP contribution is 2.24. The summed E-state index contributed by atoms with van der Waals surface area (Å²) < 4.78 is 0. The quantitative estimate of drug-likeness (QED) is 0.810. The fourth-order valence-corrected chi connectivity index (χ4v) is 3.38. The first-order chi connectivity index (χ1) is 10.2. The Morgan fingerprint density at radius 2 is 1.86 bits per heavy atom. The molecule has 1 aromatic rings. The molecular weight excluding hydrogens is 260 g/mol. The summed E-state index contributed by atoms with van der Waals surface area (Å²) in [6, 6.07) is 11.7. The summed E-state index contributed by atoms with van der Waals surface area (Å²) >= 11 is 0. The Hall–Kier alpha value is -0.900. The molecule has 1 unspecified atom stereocenters. The number of aliphatic hydroxyl groups is 1. The van der Waals surface area contributed by atoms with Crippen molar-refractivity contribution in [3.05, 3.63) is 35.9 Å².